The lowest BCUT2D eigenvalue weighted by molar-refractivity contribution is 0.383. The summed E-state index contributed by atoms with van der Waals surface area (Å²) < 4.78 is 25.8. The Labute approximate surface area is 102 Å². The minimum absolute atomic E-state index is 0.155. The number of H-pyrrole nitrogens is 1. The van der Waals surface area contributed by atoms with Crippen molar-refractivity contribution in [3.63, 3.8) is 0 Å². The number of nitrogens with zero attached hydrogens (tertiary/aromatic N) is 2. The van der Waals surface area contributed by atoms with E-state index in [0.29, 0.717) is 13.1 Å². The van der Waals surface area contributed by atoms with Crippen molar-refractivity contribution in [3.8, 4) is 0 Å². The Morgan fingerprint density at radius 2 is 2.18 bits per heavy atom. The molecule has 1 aliphatic heterocycles. The van der Waals surface area contributed by atoms with E-state index in [2.05, 4.69) is 10.2 Å². The summed E-state index contributed by atoms with van der Waals surface area (Å²) >= 11 is 0. The second-order valence-corrected chi connectivity index (χ2v) is 7.04. The molecule has 0 aromatic carbocycles. The van der Waals surface area contributed by atoms with Gasteiger partial charge in [0.15, 0.2) is 0 Å². The van der Waals surface area contributed by atoms with E-state index in [-0.39, 0.29) is 11.7 Å². The second-order valence-electron chi connectivity index (χ2n) is 5.03. The van der Waals surface area contributed by atoms with Crippen LogP contribution in [-0.2, 0) is 23.0 Å². The van der Waals surface area contributed by atoms with Crippen LogP contribution < -0.4 is 0 Å². The molecule has 2 heterocycles. The normalized spacial score (nSPS) is 17.4. The molecule has 0 saturated heterocycles. The molecule has 5 nitrogen and oxygen atoms in total. The van der Waals surface area contributed by atoms with E-state index in [1.54, 1.807) is 4.31 Å². The van der Waals surface area contributed by atoms with Crippen molar-refractivity contribution < 1.29 is 8.42 Å². The summed E-state index contributed by atoms with van der Waals surface area (Å²) in [4.78, 5) is 0. The van der Waals surface area contributed by atoms with Gasteiger partial charge >= 0.3 is 0 Å². The largest absolute Gasteiger partial charge is 0.282 e. The van der Waals surface area contributed by atoms with Crippen molar-refractivity contribution in [1.82, 2.24) is 14.5 Å². The molecule has 0 bridgehead atoms. The molecule has 0 aliphatic carbocycles. The molecule has 1 aliphatic rings. The number of aromatic nitrogens is 2. The smallest absolute Gasteiger partial charge is 0.214 e. The predicted molar refractivity (Wildman–Crippen MR) is 66.1 cm³/mol. The summed E-state index contributed by atoms with van der Waals surface area (Å²) in [6, 6.07) is 0. The molecule has 0 radical (unpaired) electrons. The van der Waals surface area contributed by atoms with E-state index >= 15 is 0 Å². The average Bonchev–Trinajstić information content (AvgIpc) is 2.58. The van der Waals surface area contributed by atoms with Crippen LogP contribution in [0.1, 0.15) is 30.8 Å². The van der Waals surface area contributed by atoms with Crippen LogP contribution in [0.4, 0.5) is 0 Å². The first-order valence-corrected chi connectivity index (χ1v) is 7.51. The van der Waals surface area contributed by atoms with Crippen molar-refractivity contribution in [1.29, 1.82) is 0 Å². The van der Waals surface area contributed by atoms with Gasteiger partial charge in [0.25, 0.3) is 0 Å². The summed E-state index contributed by atoms with van der Waals surface area (Å²) in [6.07, 6.45) is 0.759. The molecule has 0 fully saturated rings. The number of nitrogens with one attached hydrogen (secondary N) is 1. The van der Waals surface area contributed by atoms with Crippen LogP contribution in [0.2, 0.25) is 0 Å². The number of hydrogen-bond donors (Lipinski definition) is 1. The number of aryl methyl sites for hydroxylation is 1. The van der Waals surface area contributed by atoms with Gasteiger partial charge in [0, 0.05) is 12.2 Å². The molecule has 0 spiro atoms. The highest BCUT2D eigenvalue weighted by molar-refractivity contribution is 7.89. The Morgan fingerprint density at radius 1 is 1.47 bits per heavy atom. The van der Waals surface area contributed by atoms with Crippen molar-refractivity contribution in [2.45, 2.75) is 33.7 Å². The fourth-order valence-corrected chi connectivity index (χ4v) is 3.95. The van der Waals surface area contributed by atoms with E-state index < -0.39 is 10.0 Å². The lowest BCUT2D eigenvalue weighted by Crippen LogP contribution is -2.38. The quantitative estimate of drug-likeness (QED) is 0.880. The van der Waals surface area contributed by atoms with Gasteiger partial charge in [-0.2, -0.15) is 9.40 Å². The van der Waals surface area contributed by atoms with Gasteiger partial charge in [-0.3, -0.25) is 5.10 Å². The zero-order valence-electron chi connectivity index (χ0n) is 10.5. The third kappa shape index (κ3) is 2.52. The summed E-state index contributed by atoms with van der Waals surface area (Å²) in [7, 11) is -3.14. The van der Waals surface area contributed by atoms with Gasteiger partial charge in [0.05, 0.1) is 18.0 Å². The average molecular weight is 257 g/mol. The van der Waals surface area contributed by atoms with Crippen molar-refractivity contribution in [3.05, 3.63) is 17.0 Å². The van der Waals surface area contributed by atoms with Crippen LogP contribution >= 0.6 is 0 Å². The van der Waals surface area contributed by atoms with E-state index in [1.165, 1.54) is 5.56 Å². The van der Waals surface area contributed by atoms with Gasteiger partial charge in [0.1, 0.15) is 0 Å². The summed E-state index contributed by atoms with van der Waals surface area (Å²) in [5.74, 6) is 0.369. The number of hydrogen-bond acceptors (Lipinski definition) is 3. The lowest BCUT2D eigenvalue weighted by Gasteiger charge is -2.26. The van der Waals surface area contributed by atoms with Crippen molar-refractivity contribution in [2.75, 3.05) is 12.3 Å². The maximum atomic E-state index is 12.1. The molecule has 6 heteroatoms. The van der Waals surface area contributed by atoms with Crippen LogP contribution in [0.25, 0.3) is 0 Å². The number of sulfonamides is 1. The van der Waals surface area contributed by atoms with E-state index in [1.807, 2.05) is 20.8 Å². The summed E-state index contributed by atoms with van der Waals surface area (Å²) in [5, 5.41) is 7.09. The minimum Gasteiger partial charge on any atom is -0.282 e. The third-order valence-electron chi connectivity index (χ3n) is 3.03. The van der Waals surface area contributed by atoms with Gasteiger partial charge in [-0.1, -0.05) is 13.8 Å². The van der Waals surface area contributed by atoms with Gasteiger partial charge in [-0.25, -0.2) is 8.42 Å². The molecular formula is C11H19N3O2S. The Kier molecular flexibility index (Phi) is 3.27. The van der Waals surface area contributed by atoms with Crippen LogP contribution in [0.15, 0.2) is 0 Å². The van der Waals surface area contributed by atoms with Gasteiger partial charge in [-0.05, 0) is 24.8 Å². The first-order chi connectivity index (χ1) is 7.90. The molecule has 0 unspecified atom stereocenters. The fourth-order valence-electron chi connectivity index (χ4n) is 2.21. The van der Waals surface area contributed by atoms with Gasteiger partial charge in [-0.15, -0.1) is 0 Å². The Balaban J connectivity index is 2.18. The second kappa shape index (κ2) is 4.42. The minimum atomic E-state index is -3.14. The Morgan fingerprint density at radius 3 is 2.82 bits per heavy atom. The Bertz CT molecular complexity index is 505. The Hall–Kier alpha value is -0.880. The van der Waals surface area contributed by atoms with Crippen molar-refractivity contribution in [2.24, 2.45) is 5.92 Å². The maximum absolute atomic E-state index is 12.1. The summed E-state index contributed by atoms with van der Waals surface area (Å²) in [5.41, 5.74) is 3.11. The fraction of sp³-hybridized carbons (Fsp3) is 0.727. The van der Waals surface area contributed by atoms with Crippen molar-refractivity contribution >= 4 is 10.0 Å². The predicted octanol–water partition coefficient (Wildman–Crippen LogP) is 1.06. The van der Waals surface area contributed by atoms with Crippen LogP contribution in [0, 0.1) is 12.8 Å². The van der Waals surface area contributed by atoms with Crippen LogP contribution in [0.5, 0.6) is 0 Å². The van der Waals surface area contributed by atoms with E-state index in [4.69, 9.17) is 0 Å². The SMILES string of the molecule is Cc1[nH]nc2c1CCN(S(=O)(=O)CC(C)C)C2. The van der Waals surface area contributed by atoms with E-state index in [0.717, 1.165) is 17.8 Å². The van der Waals surface area contributed by atoms with Gasteiger partial charge < -0.3 is 0 Å². The molecule has 17 heavy (non-hydrogen) atoms. The highest BCUT2D eigenvalue weighted by Crippen LogP contribution is 2.22. The highest BCUT2D eigenvalue weighted by atomic mass is 32.2. The molecule has 1 N–H and O–H groups in total. The lowest BCUT2D eigenvalue weighted by atomic mass is 10.1. The third-order valence-corrected chi connectivity index (χ3v) is 5.22. The molecular weight excluding hydrogens is 238 g/mol. The zero-order valence-corrected chi connectivity index (χ0v) is 11.3. The molecule has 0 atom stereocenters. The topological polar surface area (TPSA) is 66.1 Å². The first-order valence-electron chi connectivity index (χ1n) is 5.90. The highest BCUT2D eigenvalue weighted by Gasteiger charge is 2.29. The molecule has 0 saturated carbocycles. The van der Waals surface area contributed by atoms with Crippen LogP contribution in [-0.4, -0.2) is 35.2 Å². The molecule has 1 aromatic rings. The molecule has 0 amide bonds. The number of aromatic amines is 1. The number of rotatable bonds is 3. The summed E-state index contributed by atoms with van der Waals surface area (Å²) in [6.45, 7) is 6.80. The zero-order chi connectivity index (χ0) is 12.6. The molecule has 1 aromatic heterocycles. The first kappa shape index (κ1) is 12.6. The standard InChI is InChI=1S/C11H19N3O2S/c1-8(2)7-17(15,16)14-5-4-10-9(3)12-13-11(10)6-14/h8H,4-7H2,1-3H3,(H,12,13). The van der Waals surface area contributed by atoms with E-state index in [9.17, 15) is 8.42 Å². The van der Waals surface area contributed by atoms with Crippen LogP contribution in [0.3, 0.4) is 0 Å². The molecule has 96 valence electrons. The number of fused-ring (bicyclic) bond motifs is 1. The monoisotopic (exact) mass is 257 g/mol. The van der Waals surface area contributed by atoms with Gasteiger partial charge in [0.2, 0.25) is 10.0 Å². The maximum Gasteiger partial charge on any atom is 0.214 e. The molecule has 2 rings (SSSR count).